The highest BCUT2D eigenvalue weighted by atomic mass is 32.2. The molecule has 1 fully saturated rings. The maximum Gasteiger partial charge on any atom is 0.229 e. The summed E-state index contributed by atoms with van der Waals surface area (Å²) in [6.45, 7) is 9.88. The third-order valence-corrected chi connectivity index (χ3v) is 5.46. The summed E-state index contributed by atoms with van der Waals surface area (Å²) < 4.78 is 22.6. The first-order valence-corrected chi connectivity index (χ1v) is 8.50. The number of hydrogen-bond acceptors (Lipinski definition) is 4. The fourth-order valence-electron chi connectivity index (χ4n) is 1.90. The maximum absolute atomic E-state index is 12.0. The Kier molecular flexibility index (Phi) is 5.55. The van der Waals surface area contributed by atoms with Gasteiger partial charge in [0.2, 0.25) is 5.91 Å². The quantitative estimate of drug-likeness (QED) is 0.720. The van der Waals surface area contributed by atoms with Crippen molar-refractivity contribution in [3.63, 3.8) is 0 Å². The van der Waals surface area contributed by atoms with Crippen molar-refractivity contribution in [2.75, 3.05) is 37.7 Å². The van der Waals surface area contributed by atoms with Crippen LogP contribution in [0.15, 0.2) is 12.7 Å². The lowest BCUT2D eigenvalue weighted by Gasteiger charge is -2.28. The number of nitrogens with one attached hydrogen (secondary N) is 1. The number of sulfone groups is 1. The molecule has 0 spiro atoms. The normalized spacial score (nSPS) is 22.4. The largest absolute Gasteiger partial charge is 0.354 e. The van der Waals surface area contributed by atoms with Crippen LogP contribution in [0.4, 0.5) is 0 Å². The van der Waals surface area contributed by atoms with Gasteiger partial charge in [-0.2, -0.15) is 0 Å². The van der Waals surface area contributed by atoms with E-state index in [0.29, 0.717) is 32.6 Å². The van der Waals surface area contributed by atoms with Crippen LogP contribution in [0.3, 0.4) is 0 Å². The lowest BCUT2D eigenvalue weighted by molar-refractivity contribution is -0.128. The summed E-state index contributed by atoms with van der Waals surface area (Å²) in [7, 11) is -2.83. The summed E-state index contributed by atoms with van der Waals surface area (Å²) in [6, 6.07) is 0. The van der Waals surface area contributed by atoms with E-state index in [1.807, 2.05) is 13.8 Å². The summed E-state index contributed by atoms with van der Waals surface area (Å²) in [5.74, 6) is 0.426. The van der Waals surface area contributed by atoms with Crippen LogP contribution >= 0.6 is 0 Å². The SMILES string of the molecule is C=C[C@](C)(CC)C(=O)NCCN1CCS(=O)(=O)CC1. The molecule has 0 aromatic heterocycles. The summed E-state index contributed by atoms with van der Waals surface area (Å²) in [5, 5.41) is 2.89. The number of carbonyl (C=O) groups excluding carboxylic acids is 1. The van der Waals surface area contributed by atoms with E-state index >= 15 is 0 Å². The Balaban J connectivity index is 2.32. The van der Waals surface area contributed by atoms with Gasteiger partial charge >= 0.3 is 0 Å². The minimum absolute atomic E-state index is 0.0189. The molecule has 1 saturated heterocycles. The van der Waals surface area contributed by atoms with E-state index in [2.05, 4.69) is 16.8 Å². The van der Waals surface area contributed by atoms with E-state index in [1.54, 1.807) is 6.08 Å². The molecule has 1 rings (SSSR count). The standard InChI is InChI=1S/C13H24N2O3S/c1-4-13(3,5-2)12(16)14-6-7-15-8-10-19(17,18)11-9-15/h4H,1,5-11H2,2-3H3,(H,14,16)/t13-/m1/s1. The number of amides is 1. The van der Waals surface area contributed by atoms with Crippen molar-refractivity contribution in [3.05, 3.63) is 12.7 Å². The smallest absolute Gasteiger partial charge is 0.229 e. The van der Waals surface area contributed by atoms with Crippen LogP contribution in [-0.2, 0) is 14.6 Å². The Bertz CT molecular complexity index is 419. The second-order valence-electron chi connectivity index (χ2n) is 5.22. The van der Waals surface area contributed by atoms with E-state index in [9.17, 15) is 13.2 Å². The predicted molar refractivity (Wildman–Crippen MR) is 76.7 cm³/mol. The van der Waals surface area contributed by atoms with Crippen LogP contribution in [-0.4, -0.2) is 56.9 Å². The van der Waals surface area contributed by atoms with Crippen molar-refractivity contribution in [1.82, 2.24) is 10.2 Å². The molecular weight excluding hydrogens is 264 g/mol. The molecule has 0 aromatic rings. The molecule has 19 heavy (non-hydrogen) atoms. The molecule has 6 heteroatoms. The van der Waals surface area contributed by atoms with Gasteiger partial charge in [-0.3, -0.25) is 9.69 Å². The second kappa shape index (κ2) is 6.52. The minimum Gasteiger partial charge on any atom is -0.354 e. The second-order valence-corrected chi connectivity index (χ2v) is 7.53. The molecule has 0 aromatic carbocycles. The Labute approximate surface area is 116 Å². The predicted octanol–water partition coefficient (Wildman–Crippen LogP) is 0.435. The Morgan fingerprint density at radius 2 is 2.00 bits per heavy atom. The highest BCUT2D eigenvalue weighted by Gasteiger charge is 2.27. The molecular formula is C13H24N2O3S. The van der Waals surface area contributed by atoms with Crippen LogP contribution in [0.5, 0.6) is 0 Å². The van der Waals surface area contributed by atoms with Crippen molar-refractivity contribution >= 4 is 15.7 Å². The molecule has 110 valence electrons. The van der Waals surface area contributed by atoms with Crippen molar-refractivity contribution in [2.24, 2.45) is 5.41 Å². The molecule has 0 bridgehead atoms. The van der Waals surface area contributed by atoms with Gasteiger partial charge in [-0.15, -0.1) is 6.58 Å². The van der Waals surface area contributed by atoms with Crippen molar-refractivity contribution in [3.8, 4) is 0 Å². The average Bonchev–Trinajstić information content (AvgIpc) is 2.39. The molecule has 0 radical (unpaired) electrons. The number of carbonyl (C=O) groups is 1. The maximum atomic E-state index is 12.0. The van der Waals surface area contributed by atoms with Crippen LogP contribution in [0, 0.1) is 5.41 Å². The molecule has 1 aliphatic heterocycles. The molecule has 0 unspecified atom stereocenters. The van der Waals surface area contributed by atoms with Gasteiger partial charge in [-0.05, 0) is 13.3 Å². The van der Waals surface area contributed by atoms with Crippen molar-refractivity contribution < 1.29 is 13.2 Å². The highest BCUT2D eigenvalue weighted by molar-refractivity contribution is 7.91. The zero-order valence-electron chi connectivity index (χ0n) is 11.8. The molecule has 1 atom stereocenters. The summed E-state index contributed by atoms with van der Waals surface area (Å²) in [4.78, 5) is 14.0. The Hall–Kier alpha value is -0.880. The molecule has 5 nitrogen and oxygen atoms in total. The van der Waals surface area contributed by atoms with Crippen LogP contribution in [0.2, 0.25) is 0 Å². The zero-order chi connectivity index (χ0) is 14.5. The number of hydrogen-bond donors (Lipinski definition) is 1. The Morgan fingerprint density at radius 3 is 2.47 bits per heavy atom. The van der Waals surface area contributed by atoms with Crippen LogP contribution in [0.1, 0.15) is 20.3 Å². The molecule has 1 amide bonds. The molecule has 1 aliphatic rings. The first kappa shape index (κ1) is 16.2. The molecule has 0 saturated carbocycles. The van der Waals surface area contributed by atoms with E-state index in [0.717, 1.165) is 0 Å². The van der Waals surface area contributed by atoms with Crippen LogP contribution < -0.4 is 5.32 Å². The summed E-state index contributed by atoms with van der Waals surface area (Å²) in [5.41, 5.74) is -0.523. The first-order valence-electron chi connectivity index (χ1n) is 6.67. The number of rotatable bonds is 6. The van der Waals surface area contributed by atoms with E-state index in [1.165, 1.54) is 0 Å². The van der Waals surface area contributed by atoms with Gasteiger partial charge in [0.15, 0.2) is 9.84 Å². The van der Waals surface area contributed by atoms with Gasteiger partial charge in [0, 0.05) is 26.2 Å². The topological polar surface area (TPSA) is 66.5 Å². The van der Waals surface area contributed by atoms with Gasteiger partial charge in [-0.1, -0.05) is 13.0 Å². The zero-order valence-corrected chi connectivity index (χ0v) is 12.6. The molecule has 1 N–H and O–H groups in total. The molecule has 0 aliphatic carbocycles. The average molecular weight is 288 g/mol. The van der Waals surface area contributed by atoms with Gasteiger partial charge in [0.1, 0.15) is 0 Å². The van der Waals surface area contributed by atoms with Gasteiger partial charge in [0.05, 0.1) is 16.9 Å². The van der Waals surface area contributed by atoms with Crippen molar-refractivity contribution in [2.45, 2.75) is 20.3 Å². The van der Waals surface area contributed by atoms with Gasteiger partial charge in [-0.25, -0.2) is 8.42 Å². The van der Waals surface area contributed by atoms with E-state index in [-0.39, 0.29) is 17.4 Å². The van der Waals surface area contributed by atoms with Gasteiger partial charge in [0.25, 0.3) is 0 Å². The fourth-order valence-corrected chi connectivity index (χ4v) is 3.18. The lowest BCUT2D eigenvalue weighted by Crippen LogP contribution is -2.45. The first-order chi connectivity index (χ1) is 8.83. The van der Waals surface area contributed by atoms with E-state index in [4.69, 9.17) is 0 Å². The third kappa shape index (κ3) is 4.62. The Morgan fingerprint density at radius 1 is 1.42 bits per heavy atom. The number of nitrogens with zero attached hydrogens (tertiary/aromatic N) is 1. The molecule has 1 heterocycles. The monoisotopic (exact) mass is 288 g/mol. The fraction of sp³-hybridized carbons (Fsp3) is 0.769. The van der Waals surface area contributed by atoms with E-state index < -0.39 is 15.3 Å². The summed E-state index contributed by atoms with van der Waals surface area (Å²) in [6.07, 6.45) is 2.39. The minimum atomic E-state index is -2.83. The summed E-state index contributed by atoms with van der Waals surface area (Å²) >= 11 is 0. The lowest BCUT2D eigenvalue weighted by atomic mass is 9.87. The van der Waals surface area contributed by atoms with Crippen LogP contribution in [0.25, 0.3) is 0 Å². The van der Waals surface area contributed by atoms with Crippen molar-refractivity contribution in [1.29, 1.82) is 0 Å². The highest BCUT2D eigenvalue weighted by Crippen LogP contribution is 2.21. The van der Waals surface area contributed by atoms with Gasteiger partial charge < -0.3 is 5.32 Å². The third-order valence-electron chi connectivity index (χ3n) is 3.85.